The van der Waals surface area contributed by atoms with Crippen LogP contribution < -0.4 is 4.74 Å². The normalized spacial score (nSPS) is 20.1. The second-order valence-electron chi connectivity index (χ2n) is 5.90. The van der Waals surface area contributed by atoms with Gasteiger partial charge in [-0.05, 0) is 65.1 Å². The molecular weight excluding hydrogens is 336 g/mol. The molecule has 1 heterocycles. The Kier molecular flexibility index (Phi) is 5.34. The molecule has 1 aliphatic carbocycles. The van der Waals surface area contributed by atoms with Gasteiger partial charge in [0, 0.05) is 5.92 Å². The summed E-state index contributed by atoms with van der Waals surface area (Å²) in [7, 11) is 1.60. The molecule has 25 heavy (non-hydrogen) atoms. The largest absolute Gasteiger partial charge is 0.497 e. The van der Waals surface area contributed by atoms with Crippen molar-refractivity contribution >= 4 is 28.7 Å². The van der Waals surface area contributed by atoms with Crippen LogP contribution in [0.5, 0.6) is 5.75 Å². The number of thiophene rings is 1. The lowest BCUT2D eigenvalue weighted by Gasteiger charge is -2.29. The zero-order valence-electron chi connectivity index (χ0n) is 14.2. The SMILES string of the molecule is CCOC(=O)[C@@H]1C(=O)C=C(c2ccsc2)C[C@H]1c1cccc(OC)c1. The molecule has 1 aliphatic rings. The second-order valence-corrected chi connectivity index (χ2v) is 6.68. The first kappa shape index (κ1) is 17.4. The van der Waals surface area contributed by atoms with Crippen LogP contribution >= 0.6 is 11.3 Å². The van der Waals surface area contributed by atoms with Crippen LogP contribution in [0.4, 0.5) is 0 Å². The average molecular weight is 356 g/mol. The minimum absolute atomic E-state index is 0.196. The van der Waals surface area contributed by atoms with Crippen molar-refractivity contribution in [3.05, 3.63) is 58.3 Å². The molecule has 2 atom stereocenters. The summed E-state index contributed by atoms with van der Waals surface area (Å²) in [6.07, 6.45) is 2.21. The Morgan fingerprint density at radius 2 is 2.16 bits per heavy atom. The summed E-state index contributed by atoms with van der Waals surface area (Å²) < 4.78 is 10.5. The van der Waals surface area contributed by atoms with Crippen LogP contribution in [0.15, 0.2) is 47.2 Å². The Hall–Kier alpha value is -2.40. The number of rotatable bonds is 5. The summed E-state index contributed by atoms with van der Waals surface area (Å²) in [4.78, 5) is 25.2. The average Bonchev–Trinajstić information content (AvgIpc) is 3.16. The van der Waals surface area contributed by atoms with Gasteiger partial charge in [-0.25, -0.2) is 0 Å². The van der Waals surface area contributed by atoms with Crippen molar-refractivity contribution in [2.24, 2.45) is 5.92 Å². The van der Waals surface area contributed by atoms with Crippen LogP contribution in [-0.4, -0.2) is 25.5 Å². The van der Waals surface area contributed by atoms with E-state index in [9.17, 15) is 9.59 Å². The third-order valence-electron chi connectivity index (χ3n) is 4.42. The minimum atomic E-state index is -0.811. The van der Waals surface area contributed by atoms with Crippen LogP contribution in [0.2, 0.25) is 0 Å². The maximum Gasteiger partial charge on any atom is 0.317 e. The summed E-state index contributed by atoms with van der Waals surface area (Å²) >= 11 is 1.59. The molecule has 0 unspecified atom stereocenters. The molecule has 0 spiro atoms. The Morgan fingerprint density at radius 3 is 2.84 bits per heavy atom. The summed E-state index contributed by atoms with van der Waals surface area (Å²) in [5.74, 6) is -1.02. The number of ketones is 1. The van der Waals surface area contributed by atoms with Crippen LogP contribution in [0, 0.1) is 5.92 Å². The van der Waals surface area contributed by atoms with E-state index in [2.05, 4.69) is 0 Å². The fourth-order valence-electron chi connectivity index (χ4n) is 3.22. The first-order valence-electron chi connectivity index (χ1n) is 8.21. The molecule has 130 valence electrons. The zero-order chi connectivity index (χ0) is 17.8. The molecule has 2 aromatic rings. The van der Waals surface area contributed by atoms with Gasteiger partial charge in [0.1, 0.15) is 11.7 Å². The quantitative estimate of drug-likeness (QED) is 0.598. The molecule has 0 N–H and O–H groups in total. The molecular formula is C20H20O4S. The fraction of sp³-hybridized carbons (Fsp3) is 0.300. The molecule has 0 amide bonds. The van der Waals surface area contributed by atoms with E-state index in [0.29, 0.717) is 12.2 Å². The lowest BCUT2D eigenvalue weighted by Crippen LogP contribution is -2.34. The van der Waals surface area contributed by atoms with E-state index in [-0.39, 0.29) is 18.3 Å². The van der Waals surface area contributed by atoms with Gasteiger partial charge in [0.15, 0.2) is 5.78 Å². The molecule has 1 aromatic heterocycles. The molecule has 3 rings (SSSR count). The van der Waals surface area contributed by atoms with E-state index < -0.39 is 11.9 Å². The highest BCUT2D eigenvalue weighted by molar-refractivity contribution is 7.08. The number of hydrogen-bond acceptors (Lipinski definition) is 5. The molecule has 0 bridgehead atoms. The monoisotopic (exact) mass is 356 g/mol. The van der Waals surface area contributed by atoms with Gasteiger partial charge in [-0.3, -0.25) is 9.59 Å². The van der Waals surface area contributed by atoms with E-state index in [1.165, 1.54) is 0 Å². The van der Waals surface area contributed by atoms with Gasteiger partial charge in [0.25, 0.3) is 0 Å². The van der Waals surface area contributed by atoms with Crippen LogP contribution in [-0.2, 0) is 14.3 Å². The molecule has 0 saturated heterocycles. The zero-order valence-corrected chi connectivity index (χ0v) is 15.0. The first-order valence-corrected chi connectivity index (χ1v) is 9.16. The Morgan fingerprint density at radius 1 is 1.32 bits per heavy atom. The lowest BCUT2D eigenvalue weighted by atomic mass is 9.74. The topological polar surface area (TPSA) is 52.6 Å². The maximum absolute atomic E-state index is 12.7. The number of carbonyl (C=O) groups is 2. The molecule has 1 aromatic carbocycles. The first-order chi connectivity index (χ1) is 12.1. The van der Waals surface area contributed by atoms with Crippen molar-refractivity contribution in [1.29, 1.82) is 0 Å². The summed E-state index contributed by atoms with van der Waals surface area (Å²) in [5, 5.41) is 4.01. The van der Waals surface area contributed by atoms with E-state index >= 15 is 0 Å². The molecule has 0 radical (unpaired) electrons. The third kappa shape index (κ3) is 3.66. The number of carbonyl (C=O) groups excluding carboxylic acids is 2. The highest BCUT2D eigenvalue weighted by Crippen LogP contribution is 2.41. The maximum atomic E-state index is 12.7. The number of allylic oxidation sites excluding steroid dienone is 2. The van der Waals surface area contributed by atoms with Crippen LogP contribution in [0.1, 0.15) is 30.4 Å². The van der Waals surface area contributed by atoms with Crippen LogP contribution in [0.25, 0.3) is 5.57 Å². The van der Waals surface area contributed by atoms with Crippen molar-refractivity contribution in [2.45, 2.75) is 19.3 Å². The predicted molar refractivity (Wildman–Crippen MR) is 97.8 cm³/mol. The number of ether oxygens (including phenoxy) is 2. The highest BCUT2D eigenvalue weighted by Gasteiger charge is 2.39. The van der Waals surface area contributed by atoms with Crippen molar-refractivity contribution in [3.8, 4) is 5.75 Å². The Bertz CT molecular complexity index is 792. The van der Waals surface area contributed by atoms with Gasteiger partial charge in [-0.2, -0.15) is 11.3 Å². The molecule has 0 fully saturated rings. The number of methoxy groups -OCH3 is 1. The molecule has 4 nitrogen and oxygen atoms in total. The van der Waals surface area contributed by atoms with E-state index in [4.69, 9.17) is 9.47 Å². The van der Waals surface area contributed by atoms with Crippen LogP contribution in [0.3, 0.4) is 0 Å². The number of benzene rings is 1. The van der Waals surface area contributed by atoms with Gasteiger partial charge >= 0.3 is 5.97 Å². The van der Waals surface area contributed by atoms with Gasteiger partial charge in [0.2, 0.25) is 0 Å². The van der Waals surface area contributed by atoms with Crippen molar-refractivity contribution < 1.29 is 19.1 Å². The van der Waals surface area contributed by atoms with E-state index in [0.717, 1.165) is 16.7 Å². The van der Waals surface area contributed by atoms with E-state index in [1.807, 2.05) is 41.1 Å². The molecule has 0 saturated carbocycles. The van der Waals surface area contributed by atoms with Gasteiger partial charge in [-0.1, -0.05) is 12.1 Å². The van der Waals surface area contributed by atoms with Crippen molar-refractivity contribution in [3.63, 3.8) is 0 Å². The summed E-state index contributed by atoms with van der Waals surface area (Å²) in [5.41, 5.74) is 2.90. The van der Waals surface area contributed by atoms with Crippen molar-refractivity contribution in [1.82, 2.24) is 0 Å². The Labute approximate surface area is 151 Å². The van der Waals surface area contributed by atoms with Gasteiger partial charge < -0.3 is 9.47 Å². The fourth-order valence-corrected chi connectivity index (χ4v) is 3.90. The summed E-state index contributed by atoms with van der Waals surface area (Å²) in [6.45, 7) is 2.01. The van der Waals surface area contributed by atoms with E-state index in [1.54, 1.807) is 31.4 Å². The third-order valence-corrected chi connectivity index (χ3v) is 5.10. The van der Waals surface area contributed by atoms with Gasteiger partial charge in [-0.15, -0.1) is 0 Å². The van der Waals surface area contributed by atoms with Gasteiger partial charge in [0.05, 0.1) is 13.7 Å². The Balaban J connectivity index is 2.02. The number of hydrogen-bond donors (Lipinski definition) is 0. The molecule has 0 aliphatic heterocycles. The van der Waals surface area contributed by atoms with Crippen molar-refractivity contribution in [2.75, 3.05) is 13.7 Å². The summed E-state index contributed by atoms with van der Waals surface area (Å²) in [6, 6.07) is 9.55. The smallest absolute Gasteiger partial charge is 0.317 e. The minimum Gasteiger partial charge on any atom is -0.497 e. The predicted octanol–water partition coefficient (Wildman–Crippen LogP) is 4.08. The second kappa shape index (κ2) is 7.66. The standard InChI is InChI=1S/C20H20O4S/c1-3-24-20(22)19-17(13-5-4-6-16(9-13)23-2)10-15(11-18(19)21)14-7-8-25-12-14/h4-9,11-12,17,19H,3,10H2,1-2H3/t17-,19-/m0/s1. The lowest BCUT2D eigenvalue weighted by molar-refractivity contribution is -0.151. The molecule has 5 heteroatoms. The highest BCUT2D eigenvalue weighted by atomic mass is 32.1. The number of esters is 1.